The minimum absolute atomic E-state index is 0.170. The lowest BCUT2D eigenvalue weighted by atomic mass is 10.1. The van der Waals surface area contributed by atoms with E-state index >= 15 is 0 Å². The zero-order chi connectivity index (χ0) is 18.3. The van der Waals surface area contributed by atoms with Gasteiger partial charge in [-0.05, 0) is 25.1 Å². The van der Waals surface area contributed by atoms with Gasteiger partial charge in [-0.2, -0.15) is 10.2 Å². The van der Waals surface area contributed by atoms with Gasteiger partial charge in [-0.3, -0.25) is 9.48 Å². The molecule has 0 atom stereocenters. The first-order valence-electron chi connectivity index (χ1n) is 7.98. The number of hydrogen-bond acceptors (Lipinski definition) is 5. The van der Waals surface area contributed by atoms with Crippen LogP contribution in [0.2, 0.25) is 10.2 Å². The van der Waals surface area contributed by atoms with Crippen LogP contribution < -0.4 is 10.6 Å². The van der Waals surface area contributed by atoms with Crippen LogP contribution in [0.4, 0.5) is 5.82 Å². The van der Waals surface area contributed by atoms with Crippen molar-refractivity contribution in [2.45, 2.75) is 13.0 Å². The Bertz CT molecular complexity index is 995. The lowest BCUT2D eigenvalue weighted by Gasteiger charge is -2.14. The first-order valence-corrected chi connectivity index (χ1v) is 8.73. The Labute approximate surface area is 159 Å². The number of aromatic nitrogens is 5. The Morgan fingerprint density at radius 2 is 2.19 bits per heavy atom. The van der Waals surface area contributed by atoms with Crippen molar-refractivity contribution in [1.82, 2.24) is 29.9 Å². The number of nitrogens with one attached hydrogen (secondary N) is 2. The van der Waals surface area contributed by atoms with Crippen molar-refractivity contribution >= 4 is 34.9 Å². The SMILES string of the molecule is Cn1nc(NC(=O)c2cc(Cl)nn2-c2ncccc2Cl)c2c1CNCC2. The maximum Gasteiger partial charge on any atom is 0.275 e. The van der Waals surface area contributed by atoms with Crippen LogP contribution in [0.1, 0.15) is 21.7 Å². The van der Waals surface area contributed by atoms with E-state index in [-0.39, 0.29) is 16.8 Å². The molecule has 3 aromatic heterocycles. The number of anilines is 1. The molecule has 4 rings (SSSR count). The van der Waals surface area contributed by atoms with Gasteiger partial charge in [-0.15, -0.1) is 0 Å². The lowest BCUT2D eigenvalue weighted by Crippen LogP contribution is -2.25. The Balaban J connectivity index is 1.69. The fraction of sp³-hybridized carbons (Fsp3) is 0.250. The monoisotopic (exact) mass is 391 g/mol. The molecule has 1 aliphatic heterocycles. The number of hydrogen-bond donors (Lipinski definition) is 2. The van der Waals surface area contributed by atoms with Gasteiger partial charge in [0, 0.05) is 31.4 Å². The predicted octanol–water partition coefficient (Wildman–Crippen LogP) is 2.21. The highest BCUT2D eigenvalue weighted by Gasteiger charge is 2.23. The number of carbonyl (C=O) groups excluding carboxylic acids is 1. The molecule has 0 saturated carbocycles. The van der Waals surface area contributed by atoms with E-state index in [9.17, 15) is 4.79 Å². The number of nitrogens with zero attached hydrogens (tertiary/aromatic N) is 5. The number of rotatable bonds is 3. The summed E-state index contributed by atoms with van der Waals surface area (Å²) in [5, 5.41) is 15.2. The molecule has 4 heterocycles. The molecule has 10 heteroatoms. The molecule has 134 valence electrons. The van der Waals surface area contributed by atoms with E-state index < -0.39 is 0 Å². The summed E-state index contributed by atoms with van der Waals surface area (Å²) in [4.78, 5) is 17.0. The van der Waals surface area contributed by atoms with Crippen molar-refractivity contribution < 1.29 is 4.79 Å². The van der Waals surface area contributed by atoms with Crippen molar-refractivity contribution in [2.24, 2.45) is 7.05 Å². The van der Waals surface area contributed by atoms with E-state index in [0.717, 1.165) is 30.8 Å². The van der Waals surface area contributed by atoms with Gasteiger partial charge in [-0.1, -0.05) is 23.2 Å². The molecule has 0 unspecified atom stereocenters. The van der Waals surface area contributed by atoms with E-state index in [4.69, 9.17) is 23.2 Å². The van der Waals surface area contributed by atoms with Crippen molar-refractivity contribution in [3.05, 3.63) is 51.5 Å². The van der Waals surface area contributed by atoms with E-state index in [1.807, 2.05) is 7.05 Å². The summed E-state index contributed by atoms with van der Waals surface area (Å²) in [6, 6.07) is 4.84. The Hall–Kier alpha value is -2.42. The molecule has 26 heavy (non-hydrogen) atoms. The minimum atomic E-state index is -0.384. The van der Waals surface area contributed by atoms with Crippen LogP contribution >= 0.6 is 23.2 Å². The maximum absolute atomic E-state index is 12.9. The normalized spacial score (nSPS) is 13.5. The number of carbonyl (C=O) groups is 1. The molecule has 0 spiro atoms. The summed E-state index contributed by atoms with van der Waals surface area (Å²) in [6.07, 6.45) is 2.37. The fourth-order valence-electron chi connectivity index (χ4n) is 2.99. The van der Waals surface area contributed by atoms with Gasteiger partial charge in [0.05, 0.1) is 10.7 Å². The molecule has 0 aliphatic carbocycles. The summed E-state index contributed by atoms with van der Waals surface area (Å²) in [7, 11) is 1.86. The van der Waals surface area contributed by atoms with Gasteiger partial charge in [0.25, 0.3) is 5.91 Å². The molecule has 2 N–H and O–H groups in total. The summed E-state index contributed by atoms with van der Waals surface area (Å²) in [6.45, 7) is 1.57. The van der Waals surface area contributed by atoms with E-state index in [2.05, 4.69) is 25.8 Å². The average Bonchev–Trinajstić information content (AvgIpc) is 3.16. The number of amides is 1. The number of pyridine rings is 1. The highest BCUT2D eigenvalue weighted by molar-refractivity contribution is 6.32. The summed E-state index contributed by atoms with van der Waals surface area (Å²) in [5.74, 6) is 0.494. The van der Waals surface area contributed by atoms with Crippen LogP contribution in [0.3, 0.4) is 0 Å². The molecule has 0 saturated heterocycles. The van der Waals surface area contributed by atoms with Gasteiger partial charge >= 0.3 is 0 Å². The first-order chi connectivity index (χ1) is 12.5. The van der Waals surface area contributed by atoms with Crippen LogP contribution in [0, 0.1) is 0 Å². The van der Waals surface area contributed by atoms with Gasteiger partial charge in [0.2, 0.25) is 0 Å². The van der Waals surface area contributed by atoms with Crippen molar-refractivity contribution in [3.63, 3.8) is 0 Å². The van der Waals surface area contributed by atoms with Crippen LogP contribution in [-0.4, -0.2) is 37.0 Å². The second kappa shape index (κ2) is 6.71. The van der Waals surface area contributed by atoms with Crippen LogP contribution in [0.5, 0.6) is 0 Å². The summed E-state index contributed by atoms with van der Waals surface area (Å²) in [5.41, 5.74) is 2.32. The second-order valence-corrected chi connectivity index (χ2v) is 6.65. The second-order valence-electron chi connectivity index (χ2n) is 5.85. The van der Waals surface area contributed by atoms with E-state index in [0.29, 0.717) is 16.7 Å². The molecule has 0 bridgehead atoms. The Morgan fingerprint density at radius 1 is 1.35 bits per heavy atom. The summed E-state index contributed by atoms with van der Waals surface area (Å²) < 4.78 is 3.11. The van der Waals surface area contributed by atoms with E-state index in [1.54, 1.807) is 23.0 Å². The third kappa shape index (κ3) is 2.96. The number of halogens is 2. The highest BCUT2D eigenvalue weighted by atomic mass is 35.5. The van der Waals surface area contributed by atoms with Gasteiger partial charge in [-0.25, -0.2) is 9.67 Å². The summed E-state index contributed by atoms with van der Waals surface area (Å²) >= 11 is 12.2. The third-order valence-electron chi connectivity index (χ3n) is 4.20. The van der Waals surface area contributed by atoms with Gasteiger partial charge in [0.15, 0.2) is 16.8 Å². The lowest BCUT2D eigenvalue weighted by molar-refractivity contribution is 0.101. The molecule has 0 aromatic carbocycles. The smallest absolute Gasteiger partial charge is 0.275 e. The molecule has 1 amide bonds. The Kier molecular flexibility index (Phi) is 4.39. The number of fused-ring (bicyclic) bond motifs is 1. The molecular weight excluding hydrogens is 377 g/mol. The van der Waals surface area contributed by atoms with Crippen LogP contribution in [-0.2, 0) is 20.0 Å². The topological polar surface area (TPSA) is 89.7 Å². The standard InChI is InChI=1S/C16H15Cl2N7O/c1-24-12-8-19-6-4-9(12)14(23-24)21-16(26)11-7-13(18)22-25(11)15-10(17)3-2-5-20-15/h2-3,5,7,19H,4,6,8H2,1H3,(H,21,23,26). The maximum atomic E-state index is 12.9. The van der Waals surface area contributed by atoms with Gasteiger partial charge in [0.1, 0.15) is 5.69 Å². The zero-order valence-electron chi connectivity index (χ0n) is 13.8. The fourth-order valence-corrected chi connectivity index (χ4v) is 3.37. The van der Waals surface area contributed by atoms with Gasteiger partial charge < -0.3 is 10.6 Å². The largest absolute Gasteiger partial charge is 0.311 e. The predicted molar refractivity (Wildman–Crippen MR) is 98.0 cm³/mol. The van der Waals surface area contributed by atoms with Crippen LogP contribution in [0.15, 0.2) is 24.4 Å². The molecule has 1 aliphatic rings. The van der Waals surface area contributed by atoms with Crippen LogP contribution in [0.25, 0.3) is 5.82 Å². The minimum Gasteiger partial charge on any atom is -0.311 e. The number of aryl methyl sites for hydroxylation is 1. The molecule has 8 nitrogen and oxygen atoms in total. The van der Waals surface area contributed by atoms with Crippen molar-refractivity contribution in [2.75, 3.05) is 11.9 Å². The van der Waals surface area contributed by atoms with Crippen molar-refractivity contribution in [1.29, 1.82) is 0 Å². The first kappa shape index (κ1) is 17.0. The molecular formula is C16H15Cl2N7O. The average molecular weight is 392 g/mol. The Morgan fingerprint density at radius 3 is 3.00 bits per heavy atom. The van der Waals surface area contributed by atoms with E-state index in [1.165, 1.54) is 10.7 Å². The third-order valence-corrected chi connectivity index (χ3v) is 4.68. The zero-order valence-corrected chi connectivity index (χ0v) is 15.3. The highest BCUT2D eigenvalue weighted by Crippen LogP contribution is 2.24. The quantitative estimate of drug-likeness (QED) is 0.714. The molecule has 3 aromatic rings. The van der Waals surface area contributed by atoms with Crippen molar-refractivity contribution in [3.8, 4) is 5.82 Å². The molecule has 0 radical (unpaired) electrons. The molecule has 0 fully saturated rings.